The second-order valence-corrected chi connectivity index (χ2v) is 6.81. The minimum atomic E-state index is 0.208. The molecule has 1 aromatic carbocycles. The van der Waals surface area contributed by atoms with Crippen molar-refractivity contribution in [2.24, 2.45) is 4.99 Å². The maximum atomic E-state index is 5.95. The van der Waals surface area contributed by atoms with Gasteiger partial charge in [-0.3, -0.25) is 4.99 Å². The average molecular weight is 388 g/mol. The fourth-order valence-corrected chi connectivity index (χ4v) is 3.23. The average Bonchev–Trinajstić information content (AvgIpc) is 2.75. The highest BCUT2D eigenvalue weighted by Gasteiger charge is 2.13. The molecule has 1 aromatic rings. The van der Waals surface area contributed by atoms with Crippen molar-refractivity contribution in [2.75, 3.05) is 33.9 Å². The van der Waals surface area contributed by atoms with Gasteiger partial charge >= 0.3 is 0 Å². The molecule has 1 aliphatic rings. The van der Waals surface area contributed by atoms with Crippen LogP contribution in [-0.4, -0.2) is 46.0 Å². The third-order valence-electron chi connectivity index (χ3n) is 4.74. The SMILES string of the molecule is C#CCOc1cc(CNC(=NC)NCCCOC2CCCCC2)ccc1OC. The Bertz CT molecular complexity index is 649. The molecule has 0 spiro atoms. The van der Waals surface area contributed by atoms with Gasteiger partial charge in [0.1, 0.15) is 6.61 Å². The second kappa shape index (κ2) is 12.9. The number of benzene rings is 1. The van der Waals surface area contributed by atoms with Gasteiger partial charge in [0.25, 0.3) is 0 Å². The largest absolute Gasteiger partial charge is 0.493 e. The van der Waals surface area contributed by atoms with Crippen molar-refractivity contribution < 1.29 is 14.2 Å². The van der Waals surface area contributed by atoms with E-state index in [-0.39, 0.29) is 6.61 Å². The molecule has 154 valence electrons. The van der Waals surface area contributed by atoms with Crippen LogP contribution in [0.5, 0.6) is 11.5 Å². The predicted molar refractivity (Wildman–Crippen MR) is 113 cm³/mol. The molecule has 1 saturated carbocycles. The van der Waals surface area contributed by atoms with Gasteiger partial charge in [0.2, 0.25) is 0 Å². The minimum absolute atomic E-state index is 0.208. The molecular weight excluding hydrogens is 354 g/mol. The maximum Gasteiger partial charge on any atom is 0.191 e. The number of guanidine groups is 1. The van der Waals surface area contributed by atoms with Crippen molar-refractivity contribution in [3.05, 3.63) is 23.8 Å². The Labute approximate surface area is 169 Å². The fraction of sp³-hybridized carbons (Fsp3) is 0.591. The van der Waals surface area contributed by atoms with Crippen molar-refractivity contribution in [3.63, 3.8) is 0 Å². The normalized spacial score (nSPS) is 15.0. The lowest BCUT2D eigenvalue weighted by molar-refractivity contribution is 0.0277. The molecule has 2 rings (SSSR count). The van der Waals surface area contributed by atoms with Crippen LogP contribution in [0.2, 0.25) is 0 Å². The maximum absolute atomic E-state index is 5.95. The van der Waals surface area contributed by atoms with Crippen LogP contribution in [0.4, 0.5) is 0 Å². The summed E-state index contributed by atoms with van der Waals surface area (Å²) in [4.78, 5) is 4.27. The van der Waals surface area contributed by atoms with E-state index in [0.29, 0.717) is 24.1 Å². The minimum Gasteiger partial charge on any atom is -0.493 e. The van der Waals surface area contributed by atoms with E-state index in [4.69, 9.17) is 20.6 Å². The molecule has 2 N–H and O–H groups in total. The number of methoxy groups -OCH3 is 1. The van der Waals surface area contributed by atoms with Gasteiger partial charge in [0.05, 0.1) is 13.2 Å². The zero-order valence-electron chi connectivity index (χ0n) is 17.1. The standard InChI is InChI=1S/C22H33N3O3/c1-4-14-28-21-16-18(11-12-20(21)26-3)17-25-22(23-2)24-13-8-15-27-19-9-6-5-7-10-19/h1,11-12,16,19H,5-10,13-15,17H2,2-3H3,(H2,23,24,25). The summed E-state index contributed by atoms with van der Waals surface area (Å²) in [6, 6.07) is 5.79. The summed E-state index contributed by atoms with van der Waals surface area (Å²) < 4.78 is 16.8. The zero-order valence-corrected chi connectivity index (χ0v) is 17.1. The molecule has 0 unspecified atom stereocenters. The van der Waals surface area contributed by atoms with Crippen LogP contribution in [0, 0.1) is 12.3 Å². The van der Waals surface area contributed by atoms with Gasteiger partial charge in [-0.25, -0.2) is 0 Å². The molecular formula is C22H33N3O3. The van der Waals surface area contributed by atoms with Gasteiger partial charge in [-0.1, -0.05) is 31.2 Å². The van der Waals surface area contributed by atoms with Gasteiger partial charge in [-0.15, -0.1) is 6.42 Å². The van der Waals surface area contributed by atoms with Crippen LogP contribution < -0.4 is 20.1 Å². The first kappa shape index (κ1) is 21.9. The third-order valence-corrected chi connectivity index (χ3v) is 4.74. The van der Waals surface area contributed by atoms with E-state index < -0.39 is 0 Å². The smallest absolute Gasteiger partial charge is 0.191 e. The summed E-state index contributed by atoms with van der Waals surface area (Å²) in [6.07, 6.45) is 13.1. The van der Waals surface area contributed by atoms with E-state index in [1.165, 1.54) is 32.1 Å². The Morgan fingerprint density at radius 2 is 2.04 bits per heavy atom. The molecule has 0 bridgehead atoms. The summed E-state index contributed by atoms with van der Waals surface area (Å²) >= 11 is 0. The Kier molecular flexibility index (Phi) is 10.1. The number of terminal acetylenes is 1. The topological polar surface area (TPSA) is 64.1 Å². The molecule has 0 atom stereocenters. The highest BCUT2D eigenvalue weighted by atomic mass is 16.5. The first-order chi connectivity index (χ1) is 13.8. The van der Waals surface area contributed by atoms with Crippen LogP contribution in [0.15, 0.2) is 23.2 Å². The van der Waals surface area contributed by atoms with E-state index in [2.05, 4.69) is 21.5 Å². The van der Waals surface area contributed by atoms with Crippen LogP contribution in [-0.2, 0) is 11.3 Å². The summed E-state index contributed by atoms with van der Waals surface area (Å²) in [5, 5.41) is 6.63. The van der Waals surface area contributed by atoms with Crippen LogP contribution in [0.25, 0.3) is 0 Å². The number of rotatable bonds is 10. The molecule has 28 heavy (non-hydrogen) atoms. The number of aliphatic imine (C=N–C) groups is 1. The van der Waals surface area contributed by atoms with E-state index in [1.807, 2.05) is 18.2 Å². The highest BCUT2D eigenvalue weighted by Crippen LogP contribution is 2.28. The van der Waals surface area contributed by atoms with Crippen molar-refractivity contribution >= 4 is 5.96 Å². The summed E-state index contributed by atoms with van der Waals surface area (Å²) in [6.45, 7) is 2.45. The number of hydrogen-bond donors (Lipinski definition) is 2. The Balaban J connectivity index is 1.70. The lowest BCUT2D eigenvalue weighted by atomic mass is 9.98. The lowest BCUT2D eigenvalue weighted by Crippen LogP contribution is -2.37. The predicted octanol–water partition coefficient (Wildman–Crippen LogP) is 3.11. The summed E-state index contributed by atoms with van der Waals surface area (Å²) in [5.41, 5.74) is 1.05. The van der Waals surface area contributed by atoms with Crippen molar-refractivity contribution in [2.45, 2.75) is 51.2 Å². The summed E-state index contributed by atoms with van der Waals surface area (Å²) in [5.74, 6) is 4.54. The molecule has 0 aromatic heterocycles. The van der Waals surface area contributed by atoms with Gasteiger partial charge in [-0.2, -0.15) is 0 Å². The number of hydrogen-bond acceptors (Lipinski definition) is 4. The first-order valence-electron chi connectivity index (χ1n) is 10.1. The Morgan fingerprint density at radius 3 is 2.75 bits per heavy atom. The van der Waals surface area contributed by atoms with Crippen molar-refractivity contribution in [1.29, 1.82) is 0 Å². The van der Waals surface area contributed by atoms with E-state index >= 15 is 0 Å². The molecule has 0 saturated heterocycles. The quantitative estimate of drug-likeness (QED) is 0.280. The van der Waals surface area contributed by atoms with Crippen molar-refractivity contribution in [1.82, 2.24) is 10.6 Å². The van der Waals surface area contributed by atoms with E-state index in [1.54, 1.807) is 14.2 Å². The first-order valence-corrected chi connectivity index (χ1v) is 10.1. The molecule has 1 fully saturated rings. The Hall–Kier alpha value is -2.39. The molecule has 1 aliphatic carbocycles. The van der Waals surface area contributed by atoms with Crippen LogP contribution in [0.1, 0.15) is 44.1 Å². The molecule has 6 heteroatoms. The van der Waals surface area contributed by atoms with Crippen LogP contribution >= 0.6 is 0 Å². The van der Waals surface area contributed by atoms with Gasteiger partial charge in [0.15, 0.2) is 17.5 Å². The molecule has 0 radical (unpaired) electrons. The van der Waals surface area contributed by atoms with Gasteiger partial charge in [0, 0.05) is 26.7 Å². The number of nitrogens with one attached hydrogen (secondary N) is 2. The molecule has 0 heterocycles. The number of ether oxygens (including phenoxy) is 3. The number of nitrogens with zero attached hydrogens (tertiary/aromatic N) is 1. The monoisotopic (exact) mass is 387 g/mol. The molecule has 6 nitrogen and oxygen atoms in total. The third kappa shape index (κ3) is 7.69. The van der Waals surface area contributed by atoms with Crippen LogP contribution in [0.3, 0.4) is 0 Å². The Morgan fingerprint density at radius 1 is 1.21 bits per heavy atom. The van der Waals surface area contributed by atoms with E-state index in [0.717, 1.165) is 31.1 Å². The van der Waals surface area contributed by atoms with Gasteiger partial charge in [-0.05, 0) is 37.0 Å². The highest BCUT2D eigenvalue weighted by molar-refractivity contribution is 5.79. The van der Waals surface area contributed by atoms with Crippen molar-refractivity contribution in [3.8, 4) is 23.8 Å². The molecule has 0 amide bonds. The fourth-order valence-electron chi connectivity index (χ4n) is 3.23. The lowest BCUT2D eigenvalue weighted by Gasteiger charge is -2.22. The van der Waals surface area contributed by atoms with Gasteiger partial charge < -0.3 is 24.8 Å². The second-order valence-electron chi connectivity index (χ2n) is 6.81. The van der Waals surface area contributed by atoms with E-state index in [9.17, 15) is 0 Å². The summed E-state index contributed by atoms with van der Waals surface area (Å²) in [7, 11) is 3.38. The zero-order chi connectivity index (χ0) is 20.0. The molecule has 0 aliphatic heterocycles.